The molecule has 31 heavy (non-hydrogen) atoms. The summed E-state index contributed by atoms with van der Waals surface area (Å²) in [4.78, 5) is 11.1. The summed E-state index contributed by atoms with van der Waals surface area (Å²) in [5.74, 6) is -0.495. The molecule has 0 aliphatic carbocycles. The Kier molecular flexibility index (Phi) is 6.22. The first kappa shape index (κ1) is 22.6. The van der Waals surface area contributed by atoms with E-state index in [0.29, 0.717) is 0 Å². The minimum Gasteiger partial charge on any atom is -0.465 e. The van der Waals surface area contributed by atoms with Crippen LogP contribution in [-0.4, -0.2) is 25.7 Å². The fraction of sp³-hybridized carbons (Fsp3) is 0.261. The number of carboxylic acid groups (broad SMARTS) is 1. The minimum atomic E-state index is -4.01. The summed E-state index contributed by atoms with van der Waals surface area (Å²) in [5.41, 5.74) is -0.455. The first-order chi connectivity index (χ1) is 14.5. The second-order valence-corrected chi connectivity index (χ2v) is 10.2. The Morgan fingerprint density at radius 2 is 1.71 bits per heavy atom. The molecule has 2 aromatic carbocycles. The van der Waals surface area contributed by atoms with Crippen molar-refractivity contribution in [3.63, 3.8) is 0 Å². The Bertz CT molecular complexity index is 1180. The van der Waals surface area contributed by atoms with Crippen LogP contribution in [0.1, 0.15) is 26.5 Å². The summed E-state index contributed by atoms with van der Waals surface area (Å²) in [6.45, 7) is 5.57. The lowest BCUT2D eigenvalue weighted by atomic mass is 9.84. The van der Waals surface area contributed by atoms with Gasteiger partial charge in [-0.3, -0.25) is 0 Å². The van der Waals surface area contributed by atoms with Crippen LogP contribution < -0.4 is 5.32 Å². The maximum atomic E-state index is 14.5. The number of benzene rings is 2. The summed E-state index contributed by atoms with van der Waals surface area (Å²) < 4.78 is 47.0. The zero-order valence-corrected chi connectivity index (χ0v) is 18.2. The van der Waals surface area contributed by atoms with Gasteiger partial charge in [0.25, 0.3) is 0 Å². The maximum Gasteiger partial charge on any atom is 0.404 e. The normalized spacial score (nSPS) is 13.0. The number of nitrogens with one attached hydrogen (secondary N) is 1. The predicted molar refractivity (Wildman–Crippen MR) is 114 cm³/mol. The third-order valence-corrected chi connectivity index (χ3v) is 6.73. The SMILES string of the molecule is CC(C)(C)C(Cc1cc(S(=O)(=O)c2ccccc2)c(-c2ccccc2F)o1)NC(=O)O. The lowest BCUT2D eigenvalue weighted by Crippen LogP contribution is -2.44. The molecule has 0 radical (unpaired) electrons. The van der Waals surface area contributed by atoms with Gasteiger partial charge in [0.1, 0.15) is 16.5 Å². The lowest BCUT2D eigenvalue weighted by molar-refractivity contribution is 0.173. The van der Waals surface area contributed by atoms with Crippen molar-refractivity contribution >= 4 is 15.9 Å². The molecule has 1 amide bonds. The van der Waals surface area contributed by atoms with Crippen LogP contribution in [0.5, 0.6) is 0 Å². The molecule has 2 N–H and O–H groups in total. The molecule has 3 aromatic rings. The van der Waals surface area contributed by atoms with Gasteiger partial charge in [-0.05, 0) is 35.7 Å². The number of rotatable bonds is 6. The van der Waals surface area contributed by atoms with E-state index in [0.717, 1.165) is 0 Å². The van der Waals surface area contributed by atoms with Crippen molar-refractivity contribution in [2.45, 2.75) is 43.0 Å². The van der Waals surface area contributed by atoms with Gasteiger partial charge < -0.3 is 14.8 Å². The van der Waals surface area contributed by atoms with Gasteiger partial charge in [0.15, 0.2) is 5.76 Å². The average molecular weight is 446 g/mol. The minimum absolute atomic E-state index is 0.0155. The van der Waals surface area contributed by atoms with E-state index < -0.39 is 33.2 Å². The standard InChI is InChI=1S/C23H24FNO5S/c1-23(2,3)20(25-22(26)27)14-15-13-19(31(28,29)16-9-5-4-6-10-16)21(30-15)17-11-7-8-12-18(17)24/h4-13,20,25H,14H2,1-3H3,(H,26,27). The van der Waals surface area contributed by atoms with E-state index in [1.807, 2.05) is 20.8 Å². The molecule has 1 atom stereocenters. The van der Waals surface area contributed by atoms with E-state index in [4.69, 9.17) is 4.42 Å². The van der Waals surface area contributed by atoms with Crippen molar-refractivity contribution < 1.29 is 27.1 Å². The summed E-state index contributed by atoms with van der Waals surface area (Å²) in [5, 5.41) is 11.6. The fourth-order valence-electron chi connectivity index (χ4n) is 3.21. The molecule has 3 rings (SSSR count). The summed E-state index contributed by atoms with van der Waals surface area (Å²) in [6.07, 6.45) is -1.10. The number of halogens is 1. The quantitative estimate of drug-likeness (QED) is 0.547. The van der Waals surface area contributed by atoms with Crippen LogP contribution >= 0.6 is 0 Å². The molecule has 8 heteroatoms. The van der Waals surface area contributed by atoms with Gasteiger partial charge in [-0.15, -0.1) is 0 Å². The molecule has 0 aliphatic rings. The molecule has 0 aliphatic heterocycles. The highest BCUT2D eigenvalue weighted by atomic mass is 32.2. The first-order valence-electron chi connectivity index (χ1n) is 9.67. The molecule has 1 heterocycles. The van der Waals surface area contributed by atoms with Crippen LogP contribution in [0.2, 0.25) is 0 Å². The van der Waals surface area contributed by atoms with E-state index in [-0.39, 0.29) is 33.3 Å². The second kappa shape index (κ2) is 8.55. The highest BCUT2D eigenvalue weighted by molar-refractivity contribution is 7.91. The van der Waals surface area contributed by atoms with Crippen molar-refractivity contribution in [1.29, 1.82) is 0 Å². The summed E-state index contributed by atoms with van der Waals surface area (Å²) in [7, 11) is -4.01. The number of amides is 1. The van der Waals surface area contributed by atoms with Crippen LogP contribution in [0.15, 0.2) is 74.9 Å². The number of sulfone groups is 1. The highest BCUT2D eigenvalue weighted by Gasteiger charge is 2.31. The zero-order chi connectivity index (χ0) is 22.8. The molecular weight excluding hydrogens is 421 g/mol. The zero-order valence-electron chi connectivity index (χ0n) is 17.4. The van der Waals surface area contributed by atoms with Gasteiger partial charge in [-0.1, -0.05) is 51.1 Å². The van der Waals surface area contributed by atoms with Gasteiger partial charge in [0, 0.05) is 12.5 Å². The van der Waals surface area contributed by atoms with Gasteiger partial charge in [-0.2, -0.15) is 0 Å². The molecule has 0 spiro atoms. The number of carbonyl (C=O) groups is 1. The molecular formula is C23H24FNO5S. The smallest absolute Gasteiger partial charge is 0.404 e. The van der Waals surface area contributed by atoms with E-state index >= 15 is 0 Å². The average Bonchev–Trinajstić information content (AvgIpc) is 3.12. The van der Waals surface area contributed by atoms with Crippen LogP contribution in [-0.2, 0) is 16.3 Å². The van der Waals surface area contributed by atoms with Gasteiger partial charge in [0.05, 0.1) is 10.5 Å². The number of hydrogen-bond donors (Lipinski definition) is 2. The Morgan fingerprint density at radius 1 is 1.10 bits per heavy atom. The van der Waals surface area contributed by atoms with Gasteiger partial charge >= 0.3 is 6.09 Å². The van der Waals surface area contributed by atoms with E-state index in [9.17, 15) is 22.7 Å². The van der Waals surface area contributed by atoms with Crippen LogP contribution in [0.25, 0.3) is 11.3 Å². The van der Waals surface area contributed by atoms with Crippen molar-refractivity contribution in [3.8, 4) is 11.3 Å². The fourth-order valence-corrected chi connectivity index (χ4v) is 4.66. The van der Waals surface area contributed by atoms with Crippen LogP contribution in [0.3, 0.4) is 0 Å². The Balaban J connectivity index is 2.15. The van der Waals surface area contributed by atoms with Crippen molar-refractivity contribution in [1.82, 2.24) is 5.32 Å². The lowest BCUT2D eigenvalue weighted by Gasteiger charge is -2.29. The van der Waals surface area contributed by atoms with Crippen LogP contribution in [0.4, 0.5) is 9.18 Å². The van der Waals surface area contributed by atoms with Crippen molar-refractivity contribution in [2.24, 2.45) is 5.41 Å². The maximum absolute atomic E-state index is 14.5. The van der Waals surface area contributed by atoms with E-state index in [2.05, 4.69) is 5.32 Å². The van der Waals surface area contributed by atoms with E-state index in [1.54, 1.807) is 24.3 Å². The first-order valence-corrected chi connectivity index (χ1v) is 11.2. The Morgan fingerprint density at radius 3 is 2.29 bits per heavy atom. The molecule has 0 saturated carbocycles. The van der Waals surface area contributed by atoms with Crippen molar-refractivity contribution in [2.75, 3.05) is 0 Å². The third kappa shape index (κ3) is 4.96. The second-order valence-electron chi connectivity index (χ2n) is 8.27. The molecule has 164 valence electrons. The molecule has 6 nitrogen and oxygen atoms in total. The molecule has 1 aromatic heterocycles. The Labute approximate surface area is 180 Å². The topological polar surface area (TPSA) is 96.6 Å². The van der Waals surface area contributed by atoms with Crippen molar-refractivity contribution in [3.05, 3.63) is 72.2 Å². The van der Waals surface area contributed by atoms with E-state index in [1.165, 1.54) is 36.4 Å². The highest BCUT2D eigenvalue weighted by Crippen LogP contribution is 2.37. The van der Waals surface area contributed by atoms with Gasteiger partial charge in [0.2, 0.25) is 9.84 Å². The largest absolute Gasteiger partial charge is 0.465 e. The Hall–Kier alpha value is -3.13. The number of hydrogen-bond acceptors (Lipinski definition) is 4. The summed E-state index contributed by atoms with van der Waals surface area (Å²) in [6, 6.07) is 14.4. The molecule has 0 bridgehead atoms. The van der Waals surface area contributed by atoms with Crippen LogP contribution in [0, 0.1) is 11.2 Å². The molecule has 0 saturated heterocycles. The predicted octanol–water partition coefficient (Wildman–Crippen LogP) is 5.14. The molecule has 0 fully saturated rings. The van der Waals surface area contributed by atoms with Gasteiger partial charge in [-0.25, -0.2) is 17.6 Å². The summed E-state index contributed by atoms with van der Waals surface area (Å²) >= 11 is 0. The number of furan rings is 1. The molecule has 1 unspecified atom stereocenters. The third-order valence-electron chi connectivity index (χ3n) is 4.96. The monoisotopic (exact) mass is 445 g/mol.